The molecule has 2 aromatic rings. The summed E-state index contributed by atoms with van der Waals surface area (Å²) in [5.74, 6) is 0.584. The van der Waals surface area contributed by atoms with Crippen molar-refractivity contribution in [1.82, 2.24) is 4.98 Å². The summed E-state index contributed by atoms with van der Waals surface area (Å²) in [5.41, 5.74) is 2.19. The number of anilines is 1. The lowest BCUT2D eigenvalue weighted by atomic mass is 10.2. The van der Waals surface area contributed by atoms with Gasteiger partial charge in [0.15, 0.2) is 0 Å². The number of hydrogen-bond donors (Lipinski definition) is 1. The van der Waals surface area contributed by atoms with Crippen molar-refractivity contribution in [2.24, 2.45) is 0 Å². The number of unbranched alkanes of at least 4 members (excludes halogenated alkanes) is 1. The number of aromatic nitrogens is 1. The van der Waals surface area contributed by atoms with E-state index in [1.54, 1.807) is 6.20 Å². The minimum atomic E-state index is 0.506. The quantitative estimate of drug-likeness (QED) is 0.781. The van der Waals surface area contributed by atoms with Gasteiger partial charge in [-0.1, -0.05) is 30.3 Å². The van der Waals surface area contributed by atoms with E-state index >= 15 is 0 Å². The van der Waals surface area contributed by atoms with Gasteiger partial charge in [0.1, 0.15) is 0 Å². The zero-order valence-corrected chi connectivity index (χ0v) is 11.2. The molecule has 0 amide bonds. The van der Waals surface area contributed by atoms with Crippen LogP contribution in [0.5, 0.6) is 5.88 Å². The standard InChI is InChI=1S/C16H17N3O/c17-9-4-5-11-20-16-12-15(8-10-18-16)19-13-14-6-2-1-3-7-14/h1-3,6-8,10,12H,4-5,11,13H2,(H,18,19). The van der Waals surface area contributed by atoms with Gasteiger partial charge in [-0.15, -0.1) is 0 Å². The Morgan fingerprint density at radius 1 is 1.20 bits per heavy atom. The predicted molar refractivity (Wildman–Crippen MR) is 78.3 cm³/mol. The van der Waals surface area contributed by atoms with Crippen LogP contribution in [0.2, 0.25) is 0 Å². The molecule has 0 bridgehead atoms. The first kappa shape index (κ1) is 13.9. The Labute approximate surface area is 119 Å². The number of pyridine rings is 1. The molecule has 0 unspecified atom stereocenters. The molecule has 0 aliphatic heterocycles. The highest BCUT2D eigenvalue weighted by atomic mass is 16.5. The van der Waals surface area contributed by atoms with Gasteiger partial charge in [-0.3, -0.25) is 0 Å². The van der Waals surface area contributed by atoms with Crippen LogP contribution in [0.25, 0.3) is 0 Å². The maximum atomic E-state index is 8.45. The number of rotatable bonds is 7. The molecule has 0 atom stereocenters. The summed E-state index contributed by atoms with van der Waals surface area (Å²) in [6, 6.07) is 16.1. The fourth-order valence-corrected chi connectivity index (χ4v) is 1.73. The molecule has 1 aromatic heterocycles. The van der Waals surface area contributed by atoms with Gasteiger partial charge in [0.2, 0.25) is 5.88 Å². The molecule has 4 nitrogen and oxygen atoms in total. The van der Waals surface area contributed by atoms with Crippen LogP contribution < -0.4 is 10.1 Å². The number of nitriles is 1. The fourth-order valence-electron chi connectivity index (χ4n) is 1.73. The summed E-state index contributed by atoms with van der Waals surface area (Å²) in [6.45, 7) is 1.28. The molecule has 0 fully saturated rings. The van der Waals surface area contributed by atoms with Gasteiger partial charge in [-0.05, 0) is 18.1 Å². The van der Waals surface area contributed by atoms with E-state index in [4.69, 9.17) is 10.00 Å². The first-order chi connectivity index (χ1) is 9.88. The summed E-state index contributed by atoms with van der Waals surface area (Å²) >= 11 is 0. The van der Waals surface area contributed by atoms with Crippen LogP contribution in [0.3, 0.4) is 0 Å². The molecule has 0 aliphatic carbocycles. The molecule has 0 saturated carbocycles. The van der Waals surface area contributed by atoms with Gasteiger partial charge in [-0.2, -0.15) is 5.26 Å². The van der Waals surface area contributed by atoms with Crippen molar-refractivity contribution in [3.8, 4) is 11.9 Å². The average Bonchev–Trinajstić information content (AvgIpc) is 2.51. The molecule has 1 aromatic carbocycles. The maximum Gasteiger partial charge on any atom is 0.215 e. The lowest BCUT2D eigenvalue weighted by Gasteiger charge is -2.08. The zero-order chi connectivity index (χ0) is 14.0. The van der Waals surface area contributed by atoms with Crippen molar-refractivity contribution >= 4 is 5.69 Å². The highest BCUT2D eigenvalue weighted by Crippen LogP contribution is 2.15. The second kappa shape index (κ2) is 7.80. The second-order valence-electron chi connectivity index (χ2n) is 4.33. The van der Waals surface area contributed by atoms with Crippen molar-refractivity contribution in [2.45, 2.75) is 19.4 Å². The first-order valence-corrected chi connectivity index (χ1v) is 6.62. The molecule has 102 valence electrons. The molecular formula is C16H17N3O. The summed E-state index contributed by atoms with van der Waals surface area (Å²) in [6.07, 6.45) is 2.94. The first-order valence-electron chi connectivity index (χ1n) is 6.62. The second-order valence-corrected chi connectivity index (χ2v) is 4.33. The molecule has 0 saturated heterocycles. The maximum absolute atomic E-state index is 8.45. The Morgan fingerprint density at radius 3 is 2.85 bits per heavy atom. The third-order valence-corrected chi connectivity index (χ3v) is 2.76. The molecule has 20 heavy (non-hydrogen) atoms. The van der Waals surface area contributed by atoms with E-state index in [1.807, 2.05) is 30.3 Å². The van der Waals surface area contributed by atoms with E-state index in [-0.39, 0.29) is 0 Å². The van der Waals surface area contributed by atoms with Crippen LogP contribution in [0.1, 0.15) is 18.4 Å². The van der Waals surface area contributed by atoms with Crippen molar-refractivity contribution in [1.29, 1.82) is 5.26 Å². The van der Waals surface area contributed by atoms with Gasteiger partial charge < -0.3 is 10.1 Å². The van der Waals surface area contributed by atoms with Crippen LogP contribution in [-0.4, -0.2) is 11.6 Å². The van der Waals surface area contributed by atoms with Crippen LogP contribution in [-0.2, 0) is 6.54 Å². The van der Waals surface area contributed by atoms with Crippen molar-refractivity contribution in [3.05, 3.63) is 54.2 Å². The van der Waals surface area contributed by atoms with Gasteiger partial charge in [0.05, 0.1) is 12.7 Å². The highest BCUT2D eigenvalue weighted by Gasteiger charge is 1.99. The molecular weight excluding hydrogens is 250 g/mol. The van der Waals surface area contributed by atoms with Crippen LogP contribution in [0, 0.1) is 11.3 Å². The van der Waals surface area contributed by atoms with Gasteiger partial charge in [-0.25, -0.2) is 4.98 Å². The molecule has 2 rings (SSSR count). The molecule has 1 N–H and O–H groups in total. The Balaban J connectivity index is 1.85. The van der Waals surface area contributed by atoms with E-state index in [9.17, 15) is 0 Å². The average molecular weight is 267 g/mol. The molecule has 0 aliphatic rings. The Kier molecular flexibility index (Phi) is 5.41. The topological polar surface area (TPSA) is 57.9 Å². The normalized spacial score (nSPS) is 9.75. The zero-order valence-electron chi connectivity index (χ0n) is 11.2. The van der Waals surface area contributed by atoms with Gasteiger partial charge >= 0.3 is 0 Å². The Hall–Kier alpha value is -2.54. The van der Waals surface area contributed by atoms with Crippen LogP contribution in [0.15, 0.2) is 48.7 Å². The lowest BCUT2D eigenvalue weighted by Crippen LogP contribution is -2.02. The number of hydrogen-bond acceptors (Lipinski definition) is 4. The lowest BCUT2D eigenvalue weighted by molar-refractivity contribution is 0.301. The molecule has 0 radical (unpaired) electrons. The largest absolute Gasteiger partial charge is 0.478 e. The summed E-state index contributed by atoms with van der Waals surface area (Å²) < 4.78 is 5.50. The third kappa shape index (κ3) is 4.62. The summed E-state index contributed by atoms with van der Waals surface area (Å²) in [4.78, 5) is 4.15. The molecule has 1 heterocycles. The van der Waals surface area contributed by atoms with Crippen molar-refractivity contribution in [3.63, 3.8) is 0 Å². The molecule has 4 heteroatoms. The van der Waals surface area contributed by atoms with E-state index in [2.05, 4.69) is 28.5 Å². The monoisotopic (exact) mass is 267 g/mol. The van der Waals surface area contributed by atoms with Gasteiger partial charge in [0.25, 0.3) is 0 Å². The van der Waals surface area contributed by atoms with E-state index in [0.29, 0.717) is 18.9 Å². The number of nitrogens with one attached hydrogen (secondary N) is 1. The predicted octanol–water partition coefficient (Wildman–Crippen LogP) is 3.38. The number of benzene rings is 1. The van der Waals surface area contributed by atoms with Crippen LogP contribution in [0.4, 0.5) is 5.69 Å². The SMILES string of the molecule is N#CCCCOc1cc(NCc2ccccc2)ccn1. The Morgan fingerprint density at radius 2 is 2.05 bits per heavy atom. The Bertz CT molecular complexity index is 563. The van der Waals surface area contributed by atoms with Crippen LogP contribution >= 0.6 is 0 Å². The van der Waals surface area contributed by atoms with E-state index in [1.165, 1.54) is 5.56 Å². The minimum Gasteiger partial charge on any atom is -0.478 e. The van der Waals surface area contributed by atoms with E-state index in [0.717, 1.165) is 18.7 Å². The highest BCUT2D eigenvalue weighted by molar-refractivity contribution is 5.45. The number of nitrogens with zero attached hydrogens (tertiary/aromatic N) is 2. The van der Waals surface area contributed by atoms with Crippen molar-refractivity contribution < 1.29 is 4.74 Å². The van der Waals surface area contributed by atoms with E-state index < -0.39 is 0 Å². The van der Waals surface area contributed by atoms with Crippen molar-refractivity contribution in [2.75, 3.05) is 11.9 Å². The fraction of sp³-hybridized carbons (Fsp3) is 0.250. The summed E-state index contributed by atoms with van der Waals surface area (Å²) in [7, 11) is 0. The minimum absolute atomic E-state index is 0.506. The summed E-state index contributed by atoms with van der Waals surface area (Å²) in [5, 5.41) is 11.8. The third-order valence-electron chi connectivity index (χ3n) is 2.76. The number of ether oxygens (including phenoxy) is 1. The smallest absolute Gasteiger partial charge is 0.215 e. The van der Waals surface area contributed by atoms with Gasteiger partial charge in [0, 0.05) is 30.9 Å². The molecule has 0 spiro atoms.